The van der Waals surface area contributed by atoms with Crippen molar-refractivity contribution in [1.82, 2.24) is 10.6 Å². The van der Waals surface area contributed by atoms with E-state index in [9.17, 15) is 14.3 Å². The Kier molecular flexibility index (Phi) is 4.04. The second-order valence-electron chi connectivity index (χ2n) is 5.40. The van der Waals surface area contributed by atoms with Crippen LogP contribution < -0.4 is 10.6 Å². The van der Waals surface area contributed by atoms with Crippen LogP contribution in [0, 0.1) is 11.2 Å². The predicted octanol–water partition coefficient (Wildman–Crippen LogP) is 1.65. The van der Waals surface area contributed by atoms with Gasteiger partial charge in [-0.25, -0.2) is 4.39 Å². The number of benzene rings is 1. The fourth-order valence-electron chi connectivity index (χ4n) is 2.29. The first-order valence-corrected chi connectivity index (χ1v) is 6.48. The number of aromatic hydroxyl groups is 1. The van der Waals surface area contributed by atoms with E-state index >= 15 is 0 Å². The maximum absolute atomic E-state index is 12.8. The molecule has 1 heterocycles. The minimum Gasteiger partial charge on any atom is -0.507 e. The molecule has 4 nitrogen and oxygen atoms in total. The highest BCUT2D eigenvalue weighted by Gasteiger charge is 2.27. The fourth-order valence-corrected chi connectivity index (χ4v) is 2.29. The molecule has 0 spiro atoms. The van der Waals surface area contributed by atoms with Crippen LogP contribution in [0.5, 0.6) is 5.75 Å². The monoisotopic (exact) mass is 266 g/mol. The van der Waals surface area contributed by atoms with Crippen molar-refractivity contribution in [1.29, 1.82) is 0 Å². The summed E-state index contributed by atoms with van der Waals surface area (Å²) < 4.78 is 12.8. The van der Waals surface area contributed by atoms with Gasteiger partial charge in [0.2, 0.25) is 0 Å². The van der Waals surface area contributed by atoms with Gasteiger partial charge in [0, 0.05) is 12.6 Å². The SMILES string of the molecule is CC1(CNC(=O)c2ccc(F)cc2O)CCNCC1. The molecular weight excluding hydrogens is 247 g/mol. The number of hydrogen-bond donors (Lipinski definition) is 3. The minimum absolute atomic E-state index is 0.0799. The average molecular weight is 266 g/mol. The highest BCUT2D eigenvalue weighted by Crippen LogP contribution is 2.27. The first-order chi connectivity index (χ1) is 9.00. The van der Waals surface area contributed by atoms with Crippen LogP contribution in [-0.4, -0.2) is 30.6 Å². The normalized spacial score (nSPS) is 18.0. The van der Waals surface area contributed by atoms with Crippen LogP contribution >= 0.6 is 0 Å². The Bertz CT molecular complexity index is 471. The zero-order chi connectivity index (χ0) is 13.9. The number of carbonyl (C=O) groups is 1. The summed E-state index contributed by atoms with van der Waals surface area (Å²) in [5.74, 6) is -1.25. The Hall–Kier alpha value is -1.62. The Balaban J connectivity index is 1.97. The van der Waals surface area contributed by atoms with Gasteiger partial charge < -0.3 is 15.7 Å². The molecule has 3 N–H and O–H groups in total. The lowest BCUT2D eigenvalue weighted by molar-refractivity contribution is 0.0919. The Labute approximate surface area is 112 Å². The Morgan fingerprint density at radius 1 is 1.47 bits per heavy atom. The van der Waals surface area contributed by atoms with Crippen molar-refractivity contribution >= 4 is 5.91 Å². The summed E-state index contributed by atoms with van der Waals surface area (Å²) in [7, 11) is 0. The fraction of sp³-hybridized carbons (Fsp3) is 0.500. The summed E-state index contributed by atoms with van der Waals surface area (Å²) in [5, 5.41) is 15.7. The van der Waals surface area contributed by atoms with Crippen LogP contribution in [0.25, 0.3) is 0 Å². The van der Waals surface area contributed by atoms with Gasteiger partial charge in [-0.2, -0.15) is 0 Å². The van der Waals surface area contributed by atoms with E-state index in [1.807, 2.05) is 0 Å². The van der Waals surface area contributed by atoms with E-state index in [4.69, 9.17) is 0 Å². The molecule has 0 atom stereocenters. The van der Waals surface area contributed by atoms with Gasteiger partial charge in [0.1, 0.15) is 11.6 Å². The molecule has 0 unspecified atom stereocenters. The van der Waals surface area contributed by atoms with Crippen LogP contribution in [0.3, 0.4) is 0 Å². The molecule has 104 valence electrons. The molecule has 19 heavy (non-hydrogen) atoms. The Morgan fingerprint density at radius 3 is 2.79 bits per heavy atom. The van der Waals surface area contributed by atoms with Gasteiger partial charge in [-0.05, 0) is 43.5 Å². The van der Waals surface area contributed by atoms with Gasteiger partial charge in [-0.1, -0.05) is 6.92 Å². The molecule has 1 aliphatic heterocycles. The first-order valence-electron chi connectivity index (χ1n) is 6.48. The molecule has 1 fully saturated rings. The average Bonchev–Trinajstić information content (AvgIpc) is 2.37. The van der Waals surface area contributed by atoms with E-state index in [-0.39, 0.29) is 22.6 Å². The van der Waals surface area contributed by atoms with Gasteiger partial charge in [-0.3, -0.25) is 4.79 Å². The van der Waals surface area contributed by atoms with E-state index < -0.39 is 5.82 Å². The smallest absolute Gasteiger partial charge is 0.255 e. The molecule has 0 aliphatic carbocycles. The van der Waals surface area contributed by atoms with Crippen molar-refractivity contribution in [3.05, 3.63) is 29.6 Å². The molecule has 1 aromatic carbocycles. The molecule has 0 bridgehead atoms. The number of rotatable bonds is 3. The van der Waals surface area contributed by atoms with Crippen LogP contribution in [0.4, 0.5) is 4.39 Å². The van der Waals surface area contributed by atoms with Crippen molar-refractivity contribution < 1.29 is 14.3 Å². The highest BCUT2D eigenvalue weighted by molar-refractivity contribution is 5.96. The molecule has 0 aromatic heterocycles. The van der Waals surface area contributed by atoms with Gasteiger partial charge >= 0.3 is 0 Å². The molecule has 2 rings (SSSR count). The van der Waals surface area contributed by atoms with Crippen molar-refractivity contribution in [2.75, 3.05) is 19.6 Å². The zero-order valence-corrected chi connectivity index (χ0v) is 11.0. The number of phenolic OH excluding ortho intramolecular Hbond substituents is 1. The van der Waals surface area contributed by atoms with Gasteiger partial charge in [0.05, 0.1) is 5.56 Å². The zero-order valence-electron chi connectivity index (χ0n) is 11.0. The summed E-state index contributed by atoms with van der Waals surface area (Å²) in [6, 6.07) is 3.41. The molecule has 0 saturated carbocycles. The maximum Gasteiger partial charge on any atom is 0.255 e. The number of carbonyl (C=O) groups excluding carboxylic acids is 1. The van der Waals surface area contributed by atoms with E-state index in [0.717, 1.165) is 32.0 Å². The standard InChI is InChI=1S/C14H19FN2O2/c1-14(4-6-16-7-5-14)9-17-13(19)11-3-2-10(15)8-12(11)18/h2-3,8,16,18H,4-7,9H2,1H3,(H,17,19). The third-order valence-corrected chi connectivity index (χ3v) is 3.69. The van der Waals surface area contributed by atoms with Gasteiger partial charge in [0.25, 0.3) is 5.91 Å². The molecule has 1 aliphatic rings. The number of nitrogens with one attached hydrogen (secondary N) is 2. The third-order valence-electron chi connectivity index (χ3n) is 3.69. The summed E-state index contributed by atoms with van der Waals surface area (Å²) in [6.07, 6.45) is 2.01. The molecule has 1 amide bonds. The highest BCUT2D eigenvalue weighted by atomic mass is 19.1. The van der Waals surface area contributed by atoms with E-state index in [0.29, 0.717) is 6.54 Å². The van der Waals surface area contributed by atoms with E-state index in [2.05, 4.69) is 17.6 Å². The lowest BCUT2D eigenvalue weighted by Gasteiger charge is -2.34. The number of halogens is 1. The summed E-state index contributed by atoms with van der Waals surface area (Å²) in [6.45, 7) is 4.60. The van der Waals surface area contributed by atoms with E-state index in [1.54, 1.807) is 0 Å². The largest absolute Gasteiger partial charge is 0.507 e. The summed E-state index contributed by atoms with van der Waals surface area (Å²) in [4.78, 5) is 12.0. The number of amides is 1. The van der Waals surface area contributed by atoms with Gasteiger partial charge in [-0.15, -0.1) is 0 Å². The summed E-state index contributed by atoms with van der Waals surface area (Å²) >= 11 is 0. The number of hydrogen-bond acceptors (Lipinski definition) is 3. The topological polar surface area (TPSA) is 61.4 Å². The lowest BCUT2D eigenvalue weighted by Crippen LogP contribution is -2.42. The van der Waals surface area contributed by atoms with Gasteiger partial charge in [0.15, 0.2) is 0 Å². The Morgan fingerprint density at radius 2 is 2.16 bits per heavy atom. The molecule has 5 heteroatoms. The van der Waals surface area contributed by atoms with Crippen LogP contribution in [0.1, 0.15) is 30.1 Å². The van der Waals surface area contributed by atoms with Crippen molar-refractivity contribution in [3.63, 3.8) is 0 Å². The second kappa shape index (κ2) is 5.57. The second-order valence-corrected chi connectivity index (χ2v) is 5.40. The van der Waals surface area contributed by atoms with Crippen molar-refractivity contribution in [2.24, 2.45) is 5.41 Å². The van der Waals surface area contributed by atoms with Crippen LogP contribution in [0.15, 0.2) is 18.2 Å². The van der Waals surface area contributed by atoms with Crippen LogP contribution in [0.2, 0.25) is 0 Å². The quantitative estimate of drug-likeness (QED) is 0.779. The van der Waals surface area contributed by atoms with Crippen molar-refractivity contribution in [3.8, 4) is 5.75 Å². The minimum atomic E-state index is -0.556. The van der Waals surface area contributed by atoms with Crippen molar-refractivity contribution in [2.45, 2.75) is 19.8 Å². The molecular formula is C14H19FN2O2. The molecule has 0 radical (unpaired) electrons. The maximum atomic E-state index is 12.8. The lowest BCUT2D eigenvalue weighted by atomic mass is 9.81. The first kappa shape index (κ1) is 13.8. The van der Waals surface area contributed by atoms with E-state index in [1.165, 1.54) is 12.1 Å². The predicted molar refractivity (Wildman–Crippen MR) is 70.6 cm³/mol. The third kappa shape index (κ3) is 3.44. The number of phenols is 1. The molecule has 1 saturated heterocycles. The van der Waals surface area contributed by atoms with Crippen LogP contribution in [-0.2, 0) is 0 Å². The number of piperidine rings is 1. The molecule has 1 aromatic rings. The summed E-state index contributed by atoms with van der Waals surface area (Å²) in [5.41, 5.74) is 0.190.